The summed E-state index contributed by atoms with van der Waals surface area (Å²) in [6.07, 6.45) is 2.79. The van der Waals surface area contributed by atoms with Crippen LogP contribution in [0.25, 0.3) is 5.69 Å². The predicted octanol–water partition coefficient (Wildman–Crippen LogP) is 2.94. The van der Waals surface area contributed by atoms with Crippen molar-refractivity contribution >= 4 is 16.7 Å². The number of ether oxygens (including phenoxy) is 1. The Morgan fingerprint density at radius 1 is 1.25 bits per heavy atom. The average molecular weight is 344 g/mol. The molecule has 1 N–H and O–H groups in total. The summed E-state index contributed by atoms with van der Waals surface area (Å²) in [5.74, 6) is 2.26. The number of hydrogen-bond acceptors (Lipinski definition) is 7. The van der Waals surface area contributed by atoms with Gasteiger partial charge in [0.1, 0.15) is 17.3 Å². The number of benzene rings is 1. The molecule has 0 fully saturated rings. The minimum Gasteiger partial charge on any atom is -0.497 e. The van der Waals surface area contributed by atoms with E-state index in [0.717, 1.165) is 34.5 Å². The zero-order chi connectivity index (χ0) is 16.9. The van der Waals surface area contributed by atoms with Gasteiger partial charge in [0.15, 0.2) is 0 Å². The summed E-state index contributed by atoms with van der Waals surface area (Å²) in [5, 5.41) is 12.4. The molecule has 0 atom stereocenters. The fraction of sp³-hybridized carbons (Fsp3) is 0.375. The van der Waals surface area contributed by atoms with Crippen LogP contribution >= 0.6 is 11.5 Å². The maximum atomic E-state index is 5.16. The molecule has 0 aliphatic heterocycles. The molecule has 0 unspecified atom stereocenters. The molecule has 0 saturated heterocycles. The van der Waals surface area contributed by atoms with Crippen molar-refractivity contribution in [1.82, 2.24) is 24.4 Å². The van der Waals surface area contributed by atoms with E-state index >= 15 is 0 Å². The van der Waals surface area contributed by atoms with Gasteiger partial charge in [-0.3, -0.25) is 0 Å². The molecule has 126 valence electrons. The van der Waals surface area contributed by atoms with E-state index in [1.807, 2.05) is 30.5 Å². The first-order chi connectivity index (χ1) is 11.6. The number of aromatic nitrogens is 5. The van der Waals surface area contributed by atoms with Crippen LogP contribution in [0, 0.1) is 5.92 Å². The van der Waals surface area contributed by atoms with Crippen molar-refractivity contribution in [3.05, 3.63) is 42.0 Å². The lowest BCUT2D eigenvalue weighted by Gasteiger charge is -2.02. The molecule has 0 bridgehead atoms. The van der Waals surface area contributed by atoms with Crippen molar-refractivity contribution in [2.24, 2.45) is 5.92 Å². The second-order valence-electron chi connectivity index (χ2n) is 5.82. The van der Waals surface area contributed by atoms with Crippen LogP contribution in [0.15, 0.2) is 30.5 Å². The standard InChI is InChI=1S/C16H20N6OS/c1-11(2)8-15-18-16(24-20-15)17-9-12-10-22(21-19-12)13-4-6-14(23-3)7-5-13/h4-7,10-11H,8-9H2,1-3H3,(H,17,18,20). The highest BCUT2D eigenvalue weighted by molar-refractivity contribution is 7.09. The monoisotopic (exact) mass is 344 g/mol. The Bertz CT molecular complexity index is 780. The van der Waals surface area contributed by atoms with Crippen LogP contribution < -0.4 is 10.1 Å². The van der Waals surface area contributed by atoms with Crippen LogP contribution in [-0.4, -0.2) is 31.5 Å². The summed E-state index contributed by atoms with van der Waals surface area (Å²) in [5.41, 5.74) is 1.77. The molecule has 3 rings (SSSR count). The quantitative estimate of drug-likeness (QED) is 0.710. The van der Waals surface area contributed by atoms with E-state index < -0.39 is 0 Å². The molecule has 2 heterocycles. The lowest BCUT2D eigenvalue weighted by atomic mass is 10.1. The Morgan fingerprint density at radius 3 is 2.75 bits per heavy atom. The van der Waals surface area contributed by atoms with Crippen molar-refractivity contribution in [1.29, 1.82) is 0 Å². The van der Waals surface area contributed by atoms with Crippen molar-refractivity contribution in [3.63, 3.8) is 0 Å². The van der Waals surface area contributed by atoms with Gasteiger partial charge in [-0.1, -0.05) is 19.1 Å². The molecule has 0 aliphatic carbocycles. The van der Waals surface area contributed by atoms with Gasteiger partial charge >= 0.3 is 0 Å². The van der Waals surface area contributed by atoms with Crippen LogP contribution in [0.4, 0.5) is 5.13 Å². The molecule has 24 heavy (non-hydrogen) atoms. The van der Waals surface area contributed by atoms with Gasteiger partial charge in [0.2, 0.25) is 5.13 Å². The molecular formula is C16H20N6OS. The Balaban J connectivity index is 1.60. The fourth-order valence-electron chi connectivity index (χ4n) is 2.18. The van der Waals surface area contributed by atoms with Gasteiger partial charge in [-0.25, -0.2) is 9.67 Å². The summed E-state index contributed by atoms with van der Waals surface area (Å²) < 4.78 is 11.2. The summed E-state index contributed by atoms with van der Waals surface area (Å²) in [4.78, 5) is 4.48. The Morgan fingerprint density at radius 2 is 2.04 bits per heavy atom. The van der Waals surface area contributed by atoms with Crippen molar-refractivity contribution < 1.29 is 4.74 Å². The van der Waals surface area contributed by atoms with Gasteiger partial charge in [0, 0.05) is 18.0 Å². The van der Waals surface area contributed by atoms with E-state index in [-0.39, 0.29) is 0 Å². The number of hydrogen-bond donors (Lipinski definition) is 1. The zero-order valence-electron chi connectivity index (χ0n) is 13.9. The van der Waals surface area contributed by atoms with E-state index in [2.05, 4.69) is 38.8 Å². The van der Waals surface area contributed by atoms with Crippen molar-refractivity contribution in [3.8, 4) is 11.4 Å². The van der Waals surface area contributed by atoms with Crippen LogP contribution in [0.1, 0.15) is 25.4 Å². The smallest absolute Gasteiger partial charge is 0.202 e. The maximum Gasteiger partial charge on any atom is 0.202 e. The molecular weight excluding hydrogens is 324 g/mol. The molecule has 0 saturated carbocycles. The molecule has 0 aliphatic rings. The number of rotatable bonds is 7. The van der Waals surface area contributed by atoms with Crippen molar-refractivity contribution in [2.45, 2.75) is 26.8 Å². The maximum absolute atomic E-state index is 5.16. The van der Waals surface area contributed by atoms with Gasteiger partial charge in [-0.2, -0.15) is 4.37 Å². The van der Waals surface area contributed by atoms with E-state index in [1.54, 1.807) is 11.8 Å². The Kier molecular flexibility index (Phi) is 5.05. The van der Waals surface area contributed by atoms with Crippen molar-refractivity contribution in [2.75, 3.05) is 12.4 Å². The molecule has 0 spiro atoms. The number of methoxy groups -OCH3 is 1. The highest BCUT2D eigenvalue weighted by Crippen LogP contribution is 2.16. The average Bonchev–Trinajstić information content (AvgIpc) is 3.22. The lowest BCUT2D eigenvalue weighted by molar-refractivity contribution is 0.414. The van der Waals surface area contributed by atoms with Gasteiger partial charge < -0.3 is 10.1 Å². The van der Waals surface area contributed by atoms with E-state index in [1.165, 1.54) is 11.5 Å². The molecule has 2 aromatic heterocycles. The molecule has 7 nitrogen and oxygen atoms in total. The second-order valence-corrected chi connectivity index (χ2v) is 6.57. The Hall–Kier alpha value is -2.48. The second kappa shape index (κ2) is 7.39. The third-order valence-electron chi connectivity index (χ3n) is 3.36. The minimum atomic E-state index is 0.553. The zero-order valence-corrected chi connectivity index (χ0v) is 14.7. The first-order valence-corrected chi connectivity index (χ1v) is 8.53. The minimum absolute atomic E-state index is 0.553. The van der Waals surface area contributed by atoms with Crippen LogP contribution in [-0.2, 0) is 13.0 Å². The fourth-order valence-corrected chi connectivity index (χ4v) is 2.77. The molecule has 1 aromatic carbocycles. The molecule has 0 radical (unpaired) electrons. The van der Waals surface area contributed by atoms with E-state index in [0.29, 0.717) is 12.5 Å². The SMILES string of the molecule is COc1ccc(-n2cc(CNc3nc(CC(C)C)ns3)nn2)cc1. The van der Waals surface area contributed by atoms with Crippen LogP contribution in [0.5, 0.6) is 5.75 Å². The largest absolute Gasteiger partial charge is 0.497 e. The van der Waals surface area contributed by atoms with E-state index in [9.17, 15) is 0 Å². The topological polar surface area (TPSA) is 77.8 Å². The number of nitrogens with zero attached hydrogens (tertiary/aromatic N) is 5. The number of anilines is 1. The number of nitrogens with one attached hydrogen (secondary N) is 1. The first-order valence-electron chi connectivity index (χ1n) is 7.76. The van der Waals surface area contributed by atoms with Gasteiger partial charge in [-0.15, -0.1) is 5.10 Å². The normalized spacial score (nSPS) is 11.0. The third-order valence-corrected chi connectivity index (χ3v) is 4.07. The molecule has 0 amide bonds. The molecule has 8 heteroatoms. The van der Waals surface area contributed by atoms with Crippen LogP contribution in [0.2, 0.25) is 0 Å². The van der Waals surface area contributed by atoms with Gasteiger partial charge in [0.25, 0.3) is 0 Å². The van der Waals surface area contributed by atoms with E-state index in [4.69, 9.17) is 4.74 Å². The summed E-state index contributed by atoms with van der Waals surface area (Å²) >= 11 is 1.38. The lowest BCUT2D eigenvalue weighted by Crippen LogP contribution is -2.00. The summed E-state index contributed by atoms with van der Waals surface area (Å²) in [7, 11) is 1.65. The van der Waals surface area contributed by atoms with Gasteiger partial charge in [-0.05, 0) is 30.2 Å². The van der Waals surface area contributed by atoms with Gasteiger partial charge in [0.05, 0.1) is 25.5 Å². The highest BCUT2D eigenvalue weighted by Gasteiger charge is 2.08. The third kappa shape index (κ3) is 4.08. The molecule has 3 aromatic rings. The summed E-state index contributed by atoms with van der Waals surface area (Å²) in [6.45, 7) is 4.88. The predicted molar refractivity (Wildman–Crippen MR) is 93.7 cm³/mol. The highest BCUT2D eigenvalue weighted by atomic mass is 32.1. The van der Waals surface area contributed by atoms with Crippen LogP contribution in [0.3, 0.4) is 0 Å². The first kappa shape index (κ1) is 16.4. The Labute approximate surface area is 144 Å². The summed E-state index contributed by atoms with van der Waals surface area (Å²) in [6, 6.07) is 7.67.